The monoisotopic (exact) mass is 234 g/mol. The first kappa shape index (κ1) is 11.7. The highest BCUT2D eigenvalue weighted by Gasteiger charge is 2.51. The van der Waals surface area contributed by atoms with E-state index in [1.807, 2.05) is 0 Å². The molecule has 3 rings (SSSR count). The van der Waals surface area contributed by atoms with Crippen LogP contribution in [0.15, 0.2) is 12.7 Å². The van der Waals surface area contributed by atoms with Crippen LogP contribution in [-0.4, -0.2) is 35.6 Å². The number of hydrogen-bond donors (Lipinski definition) is 1. The van der Waals surface area contributed by atoms with Gasteiger partial charge in [-0.3, -0.25) is 4.90 Å². The van der Waals surface area contributed by atoms with E-state index in [-0.39, 0.29) is 0 Å². The van der Waals surface area contributed by atoms with Gasteiger partial charge in [0, 0.05) is 30.7 Å². The summed E-state index contributed by atoms with van der Waals surface area (Å²) in [6.45, 7) is 9.89. The van der Waals surface area contributed by atoms with Gasteiger partial charge in [0.1, 0.15) is 0 Å². The van der Waals surface area contributed by atoms with Crippen LogP contribution in [0.4, 0.5) is 0 Å². The van der Waals surface area contributed by atoms with Crippen LogP contribution < -0.4 is 5.32 Å². The first-order valence-electron chi connectivity index (χ1n) is 7.30. The van der Waals surface area contributed by atoms with E-state index in [9.17, 15) is 0 Å². The van der Waals surface area contributed by atoms with Gasteiger partial charge >= 0.3 is 0 Å². The molecule has 1 aliphatic heterocycles. The highest BCUT2D eigenvalue weighted by Crippen LogP contribution is 2.45. The molecule has 2 aliphatic carbocycles. The number of nitrogens with one attached hydrogen (secondary N) is 1. The molecule has 1 spiro atoms. The summed E-state index contributed by atoms with van der Waals surface area (Å²) in [7, 11) is 0. The summed E-state index contributed by atoms with van der Waals surface area (Å²) >= 11 is 0. The Morgan fingerprint density at radius 3 is 2.65 bits per heavy atom. The van der Waals surface area contributed by atoms with Crippen molar-refractivity contribution in [1.29, 1.82) is 0 Å². The Morgan fingerprint density at radius 1 is 1.35 bits per heavy atom. The fraction of sp³-hybridized carbons (Fsp3) is 0.867. The van der Waals surface area contributed by atoms with E-state index in [2.05, 4.69) is 29.8 Å². The molecular formula is C15H26N2. The molecule has 1 unspecified atom stereocenters. The number of rotatable bonds is 3. The van der Waals surface area contributed by atoms with Crippen LogP contribution in [0.3, 0.4) is 0 Å². The Balaban J connectivity index is 1.78. The molecule has 3 fully saturated rings. The zero-order chi connectivity index (χ0) is 11.9. The van der Waals surface area contributed by atoms with Crippen LogP contribution in [0.5, 0.6) is 0 Å². The van der Waals surface area contributed by atoms with E-state index < -0.39 is 0 Å². The second-order valence-corrected chi connectivity index (χ2v) is 6.65. The summed E-state index contributed by atoms with van der Waals surface area (Å²) in [5.74, 6) is 0.925. The maximum atomic E-state index is 3.96. The van der Waals surface area contributed by atoms with E-state index in [4.69, 9.17) is 0 Å². The molecule has 1 saturated heterocycles. The predicted octanol–water partition coefficient (Wildman–Crippen LogP) is 2.56. The van der Waals surface area contributed by atoms with E-state index in [0.29, 0.717) is 11.1 Å². The molecule has 0 radical (unpaired) electrons. The minimum atomic E-state index is 0.372. The van der Waals surface area contributed by atoms with Gasteiger partial charge in [0.05, 0.1) is 0 Å². The standard InChI is InChI=1S/C15H26N2/c1-3-10-17-12-14(2,13-6-7-13)16-11-15(17)8-4-5-9-15/h3,13,16H,1,4-12H2,2H3. The fourth-order valence-corrected chi connectivity index (χ4v) is 4.03. The molecule has 96 valence electrons. The van der Waals surface area contributed by atoms with Crippen molar-refractivity contribution in [2.24, 2.45) is 5.92 Å². The van der Waals surface area contributed by atoms with E-state index in [0.717, 1.165) is 12.5 Å². The zero-order valence-electron chi connectivity index (χ0n) is 11.2. The molecule has 17 heavy (non-hydrogen) atoms. The fourth-order valence-electron chi connectivity index (χ4n) is 4.03. The predicted molar refractivity (Wildman–Crippen MR) is 72.1 cm³/mol. The lowest BCUT2D eigenvalue weighted by Crippen LogP contribution is -2.69. The number of hydrogen-bond acceptors (Lipinski definition) is 2. The van der Waals surface area contributed by atoms with Gasteiger partial charge in [0.25, 0.3) is 0 Å². The molecule has 1 N–H and O–H groups in total. The van der Waals surface area contributed by atoms with Crippen molar-refractivity contribution in [1.82, 2.24) is 10.2 Å². The van der Waals surface area contributed by atoms with E-state index in [1.54, 1.807) is 0 Å². The summed E-state index contributed by atoms with van der Waals surface area (Å²) in [6.07, 6.45) is 10.5. The third kappa shape index (κ3) is 1.96. The van der Waals surface area contributed by atoms with Crippen molar-refractivity contribution >= 4 is 0 Å². The highest BCUT2D eigenvalue weighted by molar-refractivity contribution is 5.10. The molecule has 0 aromatic carbocycles. The average Bonchev–Trinajstić information content (AvgIpc) is 3.07. The van der Waals surface area contributed by atoms with Crippen LogP contribution in [0.1, 0.15) is 45.4 Å². The Labute approximate surface area is 105 Å². The number of nitrogens with zero attached hydrogens (tertiary/aromatic N) is 1. The van der Waals surface area contributed by atoms with E-state index in [1.165, 1.54) is 51.6 Å². The molecule has 0 aromatic heterocycles. The lowest BCUT2D eigenvalue weighted by atomic mass is 9.83. The summed E-state index contributed by atoms with van der Waals surface area (Å²) in [5, 5.41) is 3.90. The second-order valence-electron chi connectivity index (χ2n) is 6.65. The molecule has 2 heteroatoms. The summed E-state index contributed by atoms with van der Waals surface area (Å²) < 4.78 is 0. The maximum absolute atomic E-state index is 3.96. The summed E-state index contributed by atoms with van der Waals surface area (Å²) in [6, 6.07) is 0. The largest absolute Gasteiger partial charge is 0.308 e. The lowest BCUT2D eigenvalue weighted by molar-refractivity contribution is 0.0150. The number of piperazine rings is 1. The SMILES string of the molecule is C=CCN1CC(C)(C2CC2)NCC12CCCC2. The Hall–Kier alpha value is -0.340. The van der Waals surface area contributed by atoms with Crippen molar-refractivity contribution < 1.29 is 0 Å². The zero-order valence-corrected chi connectivity index (χ0v) is 11.2. The van der Waals surface area contributed by atoms with Crippen LogP contribution in [0.2, 0.25) is 0 Å². The Bertz CT molecular complexity index is 302. The summed E-state index contributed by atoms with van der Waals surface area (Å²) in [4.78, 5) is 2.74. The third-order valence-electron chi connectivity index (χ3n) is 5.37. The Kier molecular flexibility index (Phi) is 2.83. The van der Waals surface area contributed by atoms with Crippen molar-refractivity contribution in [2.45, 2.75) is 56.5 Å². The molecule has 3 aliphatic rings. The molecule has 0 bridgehead atoms. The quantitative estimate of drug-likeness (QED) is 0.755. The highest BCUT2D eigenvalue weighted by atomic mass is 15.3. The average molecular weight is 234 g/mol. The van der Waals surface area contributed by atoms with Gasteiger partial charge in [-0.15, -0.1) is 6.58 Å². The van der Waals surface area contributed by atoms with Crippen molar-refractivity contribution in [2.75, 3.05) is 19.6 Å². The van der Waals surface area contributed by atoms with E-state index >= 15 is 0 Å². The topological polar surface area (TPSA) is 15.3 Å². The van der Waals surface area contributed by atoms with Crippen LogP contribution >= 0.6 is 0 Å². The van der Waals surface area contributed by atoms with Gasteiger partial charge in [0.2, 0.25) is 0 Å². The van der Waals surface area contributed by atoms with Crippen molar-refractivity contribution in [3.05, 3.63) is 12.7 Å². The molecule has 2 nitrogen and oxygen atoms in total. The van der Waals surface area contributed by atoms with Gasteiger partial charge in [-0.2, -0.15) is 0 Å². The smallest absolute Gasteiger partial charge is 0.0338 e. The molecule has 0 aromatic rings. The lowest BCUT2D eigenvalue weighted by Gasteiger charge is -2.52. The molecule has 1 heterocycles. The first-order chi connectivity index (χ1) is 8.19. The van der Waals surface area contributed by atoms with Crippen molar-refractivity contribution in [3.63, 3.8) is 0 Å². The normalized spacial score (nSPS) is 37.5. The maximum Gasteiger partial charge on any atom is 0.0338 e. The Morgan fingerprint density at radius 2 is 2.06 bits per heavy atom. The molecular weight excluding hydrogens is 208 g/mol. The van der Waals surface area contributed by atoms with Gasteiger partial charge in [-0.1, -0.05) is 18.9 Å². The van der Waals surface area contributed by atoms with Crippen molar-refractivity contribution in [3.8, 4) is 0 Å². The molecule has 2 saturated carbocycles. The third-order valence-corrected chi connectivity index (χ3v) is 5.37. The van der Waals surface area contributed by atoms with Crippen LogP contribution in [-0.2, 0) is 0 Å². The minimum absolute atomic E-state index is 0.372. The van der Waals surface area contributed by atoms with Crippen LogP contribution in [0, 0.1) is 5.92 Å². The second kappa shape index (κ2) is 4.10. The summed E-state index contributed by atoms with van der Waals surface area (Å²) in [5.41, 5.74) is 0.833. The van der Waals surface area contributed by atoms with Gasteiger partial charge in [0.15, 0.2) is 0 Å². The van der Waals surface area contributed by atoms with Crippen LogP contribution in [0.25, 0.3) is 0 Å². The van der Waals surface area contributed by atoms with Gasteiger partial charge in [-0.05, 0) is 38.5 Å². The first-order valence-corrected chi connectivity index (χ1v) is 7.30. The minimum Gasteiger partial charge on any atom is -0.308 e. The van der Waals surface area contributed by atoms with Gasteiger partial charge in [-0.25, -0.2) is 0 Å². The van der Waals surface area contributed by atoms with Gasteiger partial charge < -0.3 is 5.32 Å². The molecule has 0 amide bonds. The molecule has 1 atom stereocenters.